The maximum absolute atomic E-state index is 13.0. The van der Waals surface area contributed by atoms with Crippen LogP contribution in [0.15, 0.2) is 66.2 Å². The number of hydrogen-bond donors (Lipinski definition) is 1. The molecule has 0 aliphatic rings. The summed E-state index contributed by atoms with van der Waals surface area (Å²) in [5.41, 5.74) is 1.38. The molecule has 0 aliphatic carbocycles. The summed E-state index contributed by atoms with van der Waals surface area (Å²) in [6, 6.07) is 19.2. The summed E-state index contributed by atoms with van der Waals surface area (Å²) >= 11 is 0. The number of benzene rings is 3. The Morgan fingerprint density at radius 1 is 1.15 bits per heavy atom. The molecule has 0 fully saturated rings. The average molecular weight is 360 g/mol. The van der Waals surface area contributed by atoms with Gasteiger partial charge < -0.3 is 10.1 Å². The van der Waals surface area contributed by atoms with Crippen molar-refractivity contribution in [1.82, 2.24) is 5.32 Å². The lowest BCUT2D eigenvalue weighted by Gasteiger charge is -2.10. The number of halogens is 1. The Bertz CT molecular complexity index is 1050. The van der Waals surface area contributed by atoms with Crippen molar-refractivity contribution in [3.05, 3.63) is 83.2 Å². The van der Waals surface area contributed by atoms with Gasteiger partial charge in [0.2, 0.25) is 0 Å². The van der Waals surface area contributed by atoms with Crippen LogP contribution < -0.4 is 10.1 Å². The van der Waals surface area contributed by atoms with Crippen molar-refractivity contribution < 1.29 is 13.9 Å². The van der Waals surface area contributed by atoms with Crippen LogP contribution in [-0.4, -0.2) is 13.0 Å². The Hall–Kier alpha value is -3.65. The van der Waals surface area contributed by atoms with Gasteiger partial charge in [-0.15, -0.1) is 0 Å². The van der Waals surface area contributed by atoms with E-state index in [0.717, 1.165) is 16.3 Å². The van der Waals surface area contributed by atoms with E-state index in [4.69, 9.17) is 4.74 Å². The zero-order chi connectivity index (χ0) is 19.2. The Labute approximate surface area is 156 Å². The zero-order valence-electron chi connectivity index (χ0n) is 14.7. The molecular weight excluding hydrogens is 343 g/mol. The van der Waals surface area contributed by atoms with E-state index in [9.17, 15) is 14.4 Å². The monoisotopic (exact) mass is 360 g/mol. The minimum atomic E-state index is -0.503. The highest BCUT2D eigenvalue weighted by Crippen LogP contribution is 2.30. The SMILES string of the molecule is COc1ccc2ccccc2c1/C=C(\C#N)C(=O)NCc1ccc(F)cc1. The van der Waals surface area contributed by atoms with Crippen molar-refractivity contribution in [2.24, 2.45) is 0 Å². The van der Waals surface area contributed by atoms with Gasteiger partial charge in [0.15, 0.2) is 0 Å². The lowest BCUT2D eigenvalue weighted by Crippen LogP contribution is -2.24. The lowest BCUT2D eigenvalue weighted by atomic mass is 10.0. The quantitative estimate of drug-likeness (QED) is 0.548. The molecule has 0 aromatic heterocycles. The van der Waals surface area contributed by atoms with Gasteiger partial charge in [0.25, 0.3) is 5.91 Å². The smallest absolute Gasteiger partial charge is 0.262 e. The second-order valence-electron chi connectivity index (χ2n) is 5.88. The van der Waals surface area contributed by atoms with E-state index >= 15 is 0 Å². The second kappa shape index (κ2) is 8.15. The fraction of sp³-hybridized carbons (Fsp3) is 0.0909. The highest BCUT2D eigenvalue weighted by atomic mass is 19.1. The van der Waals surface area contributed by atoms with Gasteiger partial charge in [-0.3, -0.25) is 4.79 Å². The van der Waals surface area contributed by atoms with Gasteiger partial charge in [-0.2, -0.15) is 5.26 Å². The van der Waals surface area contributed by atoms with E-state index in [1.165, 1.54) is 18.2 Å². The number of rotatable bonds is 5. The number of fused-ring (bicyclic) bond motifs is 1. The normalized spacial score (nSPS) is 11.1. The Morgan fingerprint density at radius 3 is 2.59 bits per heavy atom. The van der Waals surface area contributed by atoms with Crippen molar-refractivity contribution in [2.45, 2.75) is 6.54 Å². The molecule has 4 nitrogen and oxygen atoms in total. The maximum Gasteiger partial charge on any atom is 0.262 e. The maximum atomic E-state index is 13.0. The molecular formula is C22H17FN2O2. The van der Waals surface area contributed by atoms with Crippen molar-refractivity contribution >= 4 is 22.8 Å². The zero-order valence-corrected chi connectivity index (χ0v) is 14.7. The summed E-state index contributed by atoms with van der Waals surface area (Å²) in [6.45, 7) is 0.199. The van der Waals surface area contributed by atoms with E-state index in [0.29, 0.717) is 11.3 Å². The van der Waals surface area contributed by atoms with Crippen LogP contribution in [0.1, 0.15) is 11.1 Å². The van der Waals surface area contributed by atoms with Crippen LogP contribution >= 0.6 is 0 Å². The molecule has 0 saturated heterocycles. The third kappa shape index (κ3) is 4.13. The molecule has 5 heteroatoms. The minimum Gasteiger partial charge on any atom is -0.496 e. The van der Waals surface area contributed by atoms with Gasteiger partial charge in [0.05, 0.1) is 7.11 Å². The fourth-order valence-electron chi connectivity index (χ4n) is 2.78. The molecule has 0 aliphatic heterocycles. The van der Waals surface area contributed by atoms with E-state index < -0.39 is 5.91 Å². The number of ether oxygens (including phenoxy) is 1. The number of methoxy groups -OCH3 is 1. The summed E-state index contributed by atoms with van der Waals surface area (Å²) < 4.78 is 18.4. The summed E-state index contributed by atoms with van der Waals surface area (Å²) in [6.07, 6.45) is 1.53. The molecule has 3 aromatic rings. The van der Waals surface area contributed by atoms with Gasteiger partial charge in [0, 0.05) is 12.1 Å². The van der Waals surface area contributed by atoms with Crippen LogP contribution in [0.25, 0.3) is 16.8 Å². The second-order valence-corrected chi connectivity index (χ2v) is 5.88. The molecule has 3 rings (SSSR count). The predicted molar refractivity (Wildman–Crippen MR) is 102 cm³/mol. The van der Waals surface area contributed by atoms with E-state index in [2.05, 4.69) is 5.32 Å². The summed E-state index contributed by atoms with van der Waals surface area (Å²) in [7, 11) is 1.54. The molecule has 0 heterocycles. The first kappa shape index (κ1) is 18.2. The van der Waals surface area contributed by atoms with E-state index in [1.807, 2.05) is 36.4 Å². The molecule has 3 aromatic carbocycles. The van der Waals surface area contributed by atoms with Gasteiger partial charge in [0.1, 0.15) is 23.2 Å². The number of hydrogen-bond acceptors (Lipinski definition) is 3. The molecule has 0 radical (unpaired) electrons. The number of carbonyl (C=O) groups excluding carboxylic acids is 1. The summed E-state index contributed by atoms with van der Waals surface area (Å²) in [5, 5.41) is 14.0. The third-order valence-electron chi connectivity index (χ3n) is 4.17. The highest BCUT2D eigenvalue weighted by Gasteiger charge is 2.13. The van der Waals surface area contributed by atoms with Crippen LogP contribution in [0.4, 0.5) is 4.39 Å². The van der Waals surface area contributed by atoms with Crippen molar-refractivity contribution in [3.8, 4) is 11.8 Å². The van der Waals surface area contributed by atoms with Crippen LogP contribution in [0.2, 0.25) is 0 Å². The largest absolute Gasteiger partial charge is 0.496 e. The molecule has 0 bridgehead atoms. The Morgan fingerprint density at radius 2 is 1.89 bits per heavy atom. The van der Waals surface area contributed by atoms with Crippen molar-refractivity contribution in [3.63, 3.8) is 0 Å². The molecule has 1 amide bonds. The number of nitriles is 1. The molecule has 0 saturated carbocycles. The number of nitrogens with zero attached hydrogens (tertiary/aromatic N) is 1. The summed E-state index contributed by atoms with van der Waals surface area (Å²) in [4.78, 5) is 12.4. The van der Waals surface area contributed by atoms with Crippen LogP contribution in [0, 0.1) is 17.1 Å². The van der Waals surface area contributed by atoms with E-state index in [1.54, 1.807) is 25.3 Å². The average Bonchev–Trinajstić information content (AvgIpc) is 2.71. The number of amides is 1. The van der Waals surface area contributed by atoms with Crippen LogP contribution in [0.5, 0.6) is 5.75 Å². The summed E-state index contributed by atoms with van der Waals surface area (Å²) in [5.74, 6) is -0.268. The molecule has 0 atom stereocenters. The van der Waals surface area contributed by atoms with E-state index in [-0.39, 0.29) is 17.9 Å². The van der Waals surface area contributed by atoms with Crippen molar-refractivity contribution in [2.75, 3.05) is 7.11 Å². The standard InChI is InChI=1S/C22H17FN2O2/c1-27-21-11-8-16-4-2-3-5-19(16)20(21)12-17(13-24)22(26)25-14-15-6-9-18(23)10-7-15/h2-12H,14H2,1H3,(H,25,26)/b17-12+. The molecule has 134 valence electrons. The number of nitrogens with one attached hydrogen (secondary N) is 1. The molecule has 0 unspecified atom stereocenters. The third-order valence-corrected chi connectivity index (χ3v) is 4.17. The van der Waals surface area contributed by atoms with Crippen LogP contribution in [-0.2, 0) is 11.3 Å². The highest BCUT2D eigenvalue weighted by molar-refractivity contribution is 6.04. The number of carbonyl (C=O) groups is 1. The van der Waals surface area contributed by atoms with Gasteiger partial charge in [-0.1, -0.05) is 42.5 Å². The minimum absolute atomic E-state index is 0.0354. The van der Waals surface area contributed by atoms with Gasteiger partial charge >= 0.3 is 0 Å². The fourth-order valence-corrected chi connectivity index (χ4v) is 2.78. The Balaban J connectivity index is 1.90. The predicted octanol–water partition coefficient (Wildman–Crippen LogP) is 4.21. The van der Waals surface area contributed by atoms with Gasteiger partial charge in [-0.05, 0) is 40.6 Å². The lowest BCUT2D eigenvalue weighted by molar-refractivity contribution is -0.117. The topological polar surface area (TPSA) is 62.1 Å². The van der Waals surface area contributed by atoms with Gasteiger partial charge in [-0.25, -0.2) is 4.39 Å². The first-order chi connectivity index (χ1) is 13.1. The first-order valence-electron chi connectivity index (χ1n) is 8.32. The Kier molecular flexibility index (Phi) is 5.48. The molecule has 0 spiro atoms. The first-order valence-corrected chi connectivity index (χ1v) is 8.32. The van der Waals surface area contributed by atoms with Crippen molar-refractivity contribution in [1.29, 1.82) is 5.26 Å². The molecule has 1 N–H and O–H groups in total. The molecule has 27 heavy (non-hydrogen) atoms. The van der Waals surface area contributed by atoms with Crippen LogP contribution in [0.3, 0.4) is 0 Å².